The van der Waals surface area contributed by atoms with Crippen LogP contribution in [0.2, 0.25) is 0 Å². The molecule has 120 valence electrons. The molecule has 0 radical (unpaired) electrons. The molecule has 0 saturated carbocycles. The summed E-state index contributed by atoms with van der Waals surface area (Å²) in [6.07, 6.45) is 5.05. The highest BCUT2D eigenvalue weighted by Gasteiger charge is 2.10. The second kappa shape index (κ2) is 8.77. The fraction of sp³-hybridized carbons (Fsp3) is 0.353. The molecule has 5 heteroatoms. The van der Waals surface area contributed by atoms with Crippen molar-refractivity contribution in [1.82, 2.24) is 0 Å². The molecule has 0 atom stereocenters. The Labute approximate surface area is 131 Å². The van der Waals surface area contributed by atoms with Crippen molar-refractivity contribution in [2.75, 3.05) is 27.9 Å². The Morgan fingerprint density at radius 2 is 1.68 bits per heavy atom. The first-order chi connectivity index (χ1) is 10.5. The molecule has 0 N–H and O–H groups in total. The van der Waals surface area contributed by atoms with Crippen molar-refractivity contribution in [3.63, 3.8) is 0 Å². The zero-order chi connectivity index (χ0) is 16.5. The van der Waals surface area contributed by atoms with Gasteiger partial charge >= 0.3 is 5.97 Å². The molecule has 0 aromatic heterocycles. The van der Waals surface area contributed by atoms with E-state index in [4.69, 9.17) is 18.9 Å². The Morgan fingerprint density at radius 1 is 1.09 bits per heavy atom. The van der Waals surface area contributed by atoms with Crippen LogP contribution in [-0.2, 0) is 9.53 Å². The molecule has 1 aromatic rings. The third-order valence-corrected chi connectivity index (χ3v) is 2.90. The summed E-state index contributed by atoms with van der Waals surface area (Å²) < 4.78 is 20.8. The van der Waals surface area contributed by atoms with Crippen molar-refractivity contribution in [3.05, 3.63) is 35.4 Å². The Hall–Kier alpha value is -2.43. The van der Waals surface area contributed by atoms with Gasteiger partial charge in [0.25, 0.3) is 0 Å². The van der Waals surface area contributed by atoms with Crippen LogP contribution in [0.1, 0.15) is 19.4 Å². The molecule has 22 heavy (non-hydrogen) atoms. The summed E-state index contributed by atoms with van der Waals surface area (Å²) in [6, 6.07) is 3.54. The second-order valence-electron chi connectivity index (χ2n) is 4.42. The number of allylic oxidation sites excluding steroid dienone is 2. The van der Waals surface area contributed by atoms with Gasteiger partial charge in [-0.05, 0) is 25.5 Å². The smallest absolute Gasteiger partial charge is 0.330 e. The van der Waals surface area contributed by atoms with Crippen molar-refractivity contribution < 1.29 is 23.7 Å². The molecular formula is C17H22O5. The predicted molar refractivity (Wildman–Crippen MR) is 85.5 cm³/mol. The quantitative estimate of drug-likeness (QED) is 0.440. The van der Waals surface area contributed by atoms with Crippen molar-refractivity contribution in [2.45, 2.75) is 13.8 Å². The van der Waals surface area contributed by atoms with Crippen LogP contribution in [-0.4, -0.2) is 33.9 Å². The first-order valence-corrected chi connectivity index (χ1v) is 6.88. The number of hydrogen-bond acceptors (Lipinski definition) is 5. The normalized spacial score (nSPS) is 11.4. The molecule has 0 bridgehead atoms. The number of rotatable bonds is 7. The molecule has 5 nitrogen and oxygen atoms in total. The fourth-order valence-corrected chi connectivity index (χ4v) is 1.83. The van der Waals surface area contributed by atoms with Crippen LogP contribution in [0.15, 0.2) is 29.9 Å². The lowest BCUT2D eigenvalue weighted by molar-refractivity contribution is -0.137. The van der Waals surface area contributed by atoms with Crippen LogP contribution in [0.25, 0.3) is 6.08 Å². The minimum atomic E-state index is -0.363. The predicted octanol–water partition coefficient (Wildman–Crippen LogP) is 3.24. The third kappa shape index (κ3) is 4.84. The van der Waals surface area contributed by atoms with Gasteiger partial charge in [0.1, 0.15) is 17.2 Å². The average molecular weight is 306 g/mol. The number of carbonyl (C=O) groups excluding carboxylic acids is 1. The van der Waals surface area contributed by atoms with Gasteiger partial charge in [-0.3, -0.25) is 0 Å². The van der Waals surface area contributed by atoms with Crippen molar-refractivity contribution >= 4 is 12.0 Å². The van der Waals surface area contributed by atoms with Crippen molar-refractivity contribution in [1.29, 1.82) is 0 Å². The SMILES string of the molecule is CCOC(=O)/C=C(C)/C=C/c1c(OC)cc(OC)cc1OC. The minimum Gasteiger partial charge on any atom is -0.496 e. The molecule has 1 rings (SSSR count). The fourth-order valence-electron chi connectivity index (χ4n) is 1.83. The molecular weight excluding hydrogens is 284 g/mol. The molecule has 0 spiro atoms. The molecule has 0 aliphatic carbocycles. The standard InChI is InChI=1S/C17H22O5/c1-6-22-17(18)9-12(2)7-8-14-15(20-4)10-13(19-3)11-16(14)21-5/h7-11H,6H2,1-5H3/b8-7+,12-9+. The lowest BCUT2D eigenvalue weighted by Gasteiger charge is -2.12. The van der Waals surface area contributed by atoms with E-state index in [0.29, 0.717) is 23.9 Å². The number of methoxy groups -OCH3 is 3. The van der Waals surface area contributed by atoms with Gasteiger partial charge in [0, 0.05) is 18.2 Å². The van der Waals surface area contributed by atoms with Crippen LogP contribution in [0.4, 0.5) is 0 Å². The van der Waals surface area contributed by atoms with E-state index in [1.807, 2.05) is 13.0 Å². The Morgan fingerprint density at radius 3 is 2.14 bits per heavy atom. The lowest BCUT2D eigenvalue weighted by atomic mass is 10.1. The van der Waals surface area contributed by atoms with E-state index >= 15 is 0 Å². The minimum absolute atomic E-state index is 0.354. The maximum absolute atomic E-state index is 11.4. The molecule has 0 heterocycles. The maximum atomic E-state index is 11.4. The zero-order valence-electron chi connectivity index (χ0n) is 13.6. The van der Waals surface area contributed by atoms with E-state index in [9.17, 15) is 4.79 Å². The molecule has 0 fully saturated rings. The molecule has 1 aromatic carbocycles. The van der Waals surface area contributed by atoms with Crippen LogP contribution in [0.3, 0.4) is 0 Å². The van der Waals surface area contributed by atoms with Gasteiger partial charge in [0.15, 0.2) is 0 Å². The first kappa shape index (κ1) is 17.6. The van der Waals surface area contributed by atoms with Crippen LogP contribution >= 0.6 is 0 Å². The second-order valence-corrected chi connectivity index (χ2v) is 4.42. The van der Waals surface area contributed by atoms with E-state index in [1.54, 1.807) is 46.5 Å². The van der Waals surface area contributed by atoms with E-state index < -0.39 is 0 Å². The Bertz CT molecular complexity index is 547. The Kier molecular flexibility index (Phi) is 7.02. The van der Waals surface area contributed by atoms with Gasteiger partial charge in [0.05, 0.1) is 33.5 Å². The summed E-state index contributed by atoms with van der Waals surface area (Å²) in [6.45, 7) is 3.94. The molecule has 0 saturated heterocycles. The largest absolute Gasteiger partial charge is 0.496 e. The number of benzene rings is 1. The lowest BCUT2D eigenvalue weighted by Crippen LogP contribution is -1.99. The summed E-state index contributed by atoms with van der Waals surface area (Å²) in [4.78, 5) is 11.4. The average Bonchev–Trinajstić information content (AvgIpc) is 2.52. The summed E-state index contributed by atoms with van der Waals surface area (Å²) >= 11 is 0. The van der Waals surface area contributed by atoms with Gasteiger partial charge in [0.2, 0.25) is 0 Å². The first-order valence-electron chi connectivity index (χ1n) is 6.88. The van der Waals surface area contributed by atoms with Crippen molar-refractivity contribution in [2.24, 2.45) is 0 Å². The van der Waals surface area contributed by atoms with Crippen molar-refractivity contribution in [3.8, 4) is 17.2 Å². The van der Waals surface area contributed by atoms with Crippen LogP contribution in [0, 0.1) is 0 Å². The van der Waals surface area contributed by atoms with Gasteiger partial charge in [-0.15, -0.1) is 0 Å². The highest BCUT2D eigenvalue weighted by atomic mass is 16.5. The highest BCUT2D eigenvalue weighted by molar-refractivity contribution is 5.83. The third-order valence-electron chi connectivity index (χ3n) is 2.90. The van der Waals surface area contributed by atoms with Gasteiger partial charge in [-0.25, -0.2) is 4.79 Å². The Balaban J connectivity index is 3.10. The van der Waals surface area contributed by atoms with Crippen LogP contribution in [0.5, 0.6) is 17.2 Å². The monoisotopic (exact) mass is 306 g/mol. The summed E-state index contributed by atoms with van der Waals surface area (Å²) in [5.41, 5.74) is 1.53. The number of hydrogen-bond donors (Lipinski definition) is 0. The molecule has 0 amide bonds. The van der Waals surface area contributed by atoms with Gasteiger partial charge < -0.3 is 18.9 Å². The highest BCUT2D eigenvalue weighted by Crippen LogP contribution is 2.35. The van der Waals surface area contributed by atoms with Gasteiger partial charge in [-0.1, -0.05) is 6.08 Å². The molecule has 0 unspecified atom stereocenters. The van der Waals surface area contributed by atoms with E-state index in [-0.39, 0.29) is 5.97 Å². The molecule has 0 aliphatic heterocycles. The number of ether oxygens (including phenoxy) is 4. The van der Waals surface area contributed by atoms with Crippen LogP contribution < -0.4 is 14.2 Å². The summed E-state index contributed by atoms with van der Waals surface area (Å²) in [5.74, 6) is 1.52. The number of carbonyl (C=O) groups is 1. The number of esters is 1. The topological polar surface area (TPSA) is 54.0 Å². The maximum Gasteiger partial charge on any atom is 0.330 e. The molecule has 0 aliphatic rings. The van der Waals surface area contributed by atoms with E-state index in [2.05, 4.69) is 0 Å². The van der Waals surface area contributed by atoms with E-state index in [1.165, 1.54) is 6.08 Å². The van der Waals surface area contributed by atoms with E-state index in [0.717, 1.165) is 11.1 Å². The summed E-state index contributed by atoms with van der Waals surface area (Å²) in [7, 11) is 4.73. The van der Waals surface area contributed by atoms with Gasteiger partial charge in [-0.2, -0.15) is 0 Å². The zero-order valence-corrected chi connectivity index (χ0v) is 13.6. The summed E-state index contributed by atoms with van der Waals surface area (Å²) in [5, 5.41) is 0.